The topological polar surface area (TPSA) is 244 Å². The first-order chi connectivity index (χ1) is 36.0. The Hall–Kier alpha value is -7.87. The van der Waals surface area contributed by atoms with E-state index in [-0.39, 0.29) is 32.5 Å². The van der Waals surface area contributed by atoms with Gasteiger partial charge in [-0.2, -0.15) is 9.97 Å². The predicted molar refractivity (Wildman–Crippen MR) is 294 cm³/mol. The molecule has 0 fully saturated rings. The summed E-state index contributed by atoms with van der Waals surface area (Å²) in [6.07, 6.45) is 6.68. The molecule has 398 valence electrons. The van der Waals surface area contributed by atoms with Crippen LogP contribution in [0.1, 0.15) is 55.4 Å². The van der Waals surface area contributed by atoms with Crippen molar-refractivity contribution in [3.05, 3.63) is 159 Å². The molecule has 19 nitrogen and oxygen atoms in total. The van der Waals surface area contributed by atoms with Gasteiger partial charge in [0.15, 0.2) is 21.2 Å². The molecule has 0 radical (unpaired) electrons. The molecular weight excluding hydrogens is 1010 g/mol. The summed E-state index contributed by atoms with van der Waals surface area (Å²) in [5.74, 6) is 1.89. The van der Waals surface area contributed by atoms with Crippen LogP contribution in [-0.2, 0) is 0 Å². The molecule has 5 heterocycles. The van der Waals surface area contributed by atoms with Crippen molar-refractivity contribution in [1.82, 2.24) is 49.8 Å². The van der Waals surface area contributed by atoms with Crippen molar-refractivity contribution in [2.75, 3.05) is 42.7 Å². The van der Waals surface area contributed by atoms with E-state index in [1.54, 1.807) is 26.4 Å². The maximum Gasteiger partial charge on any atom is 0.293 e. The number of aromatic amines is 2. The second-order valence-corrected chi connectivity index (χ2v) is 13.2. The third kappa shape index (κ3) is 21.1. The normalized spacial score (nSPS) is 9.04. The lowest BCUT2D eigenvalue weighted by atomic mass is 10.1. The van der Waals surface area contributed by atoms with Crippen molar-refractivity contribution in [2.45, 2.75) is 55.4 Å². The van der Waals surface area contributed by atoms with E-state index in [9.17, 15) is 14.7 Å². The van der Waals surface area contributed by atoms with Crippen molar-refractivity contribution in [2.24, 2.45) is 0 Å². The lowest BCUT2D eigenvalue weighted by Gasteiger charge is -2.10. The molecule has 0 unspecified atom stereocenters. The van der Waals surface area contributed by atoms with Gasteiger partial charge in [0.05, 0.1) is 55.3 Å². The second-order valence-electron chi connectivity index (χ2n) is 12.1. The molecule has 0 bridgehead atoms. The first-order valence-electron chi connectivity index (χ1n) is 22.8. The number of nitrogens with zero attached hydrogens (tertiary/aromatic N) is 8. The van der Waals surface area contributed by atoms with Crippen molar-refractivity contribution in [3.8, 4) is 74.3 Å². The molecule has 3 aromatic carbocycles. The van der Waals surface area contributed by atoms with Crippen LogP contribution in [0.25, 0.3) is 33.8 Å². The van der Waals surface area contributed by atoms with Crippen molar-refractivity contribution >= 4 is 34.8 Å². The first kappa shape index (κ1) is 66.1. The summed E-state index contributed by atoms with van der Waals surface area (Å²) in [6, 6.07) is 28.3. The monoisotopic (exact) mass is 1080 g/mol. The van der Waals surface area contributed by atoms with Gasteiger partial charge in [0, 0.05) is 16.7 Å². The van der Waals surface area contributed by atoms with E-state index in [1.807, 2.05) is 134 Å². The zero-order valence-electron chi connectivity index (χ0n) is 44.0. The summed E-state index contributed by atoms with van der Waals surface area (Å²) < 4.78 is 29.9. The Bertz CT molecular complexity index is 2830. The largest absolute Gasteiger partial charge is 0.502 e. The number of hydrogen-bond acceptors (Lipinski definition) is 17. The zero-order chi connectivity index (χ0) is 55.8. The number of halogens is 3. The summed E-state index contributed by atoms with van der Waals surface area (Å²) in [5, 5.41) is 10.1. The molecule has 0 aliphatic heterocycles. The molecule has 8 aromatic rings. The molecule has 0 saturated heterocycles. The van der Waals surface area contributed by atoms with Crippen LogP contribution in [-0.4, -0.2) is 97.6 Å². The van der Waals surface area contributed by atoms with Crippen molar-refractivity contribution < 1.29 is 33.5 Å². The van der Waals surface area contributed by atoms with Crippen LogP contribution in [0, 0.1) is 0 Å². The van der Waals surface area contributed by atoms with Gasteiger partial charge in [-0.15, -0.1) is 0 Å². The Morgan fingerprint density at radius 2 is 0.703 bits per heavy atom. The molecule has 5 aromatic heterocycles. The maximum absolute atomic E-state index is 11.4. The van der Waals surface area contributed by atoms with Gasteiger partial charge in [-0.3, -0.25) is 9.59 Å². The van der Waals surface area contributed by atoms with Crippen LogP contribution >= 0.6 is 34.8 Å². The number of ether oxygens (including phenoxy) is 6. The number of nitrogens with one attached hydrogen (secondary N) is 2. The highest BCUT2D eigenvalue weighted by molar-refractivity contribution is 6.35. The van der Waals surface area contributed by atoms with Gasteiger partial charge in [-0.1, -0.05) is 181 Å². The number of H-pyrrole nitrogens is 2. The Balaban J connectivity index is 0.000000877. The van der Waals surface area contributed by atoms with Crippen LogP contribution in [0.15, 0.2) is 132 Å². The minimum Gasteiger partial charge on any atom is -0.502 e. The number of methoxy groups -OCH3 is 6. The summed E-state index contributed by atoms with van der Waals surface area (Å²) >= 11 is 16.8. The quantitative estimate of drug-likeness (QED) is 0.114. The molecule has 3 N–H and O–H groups in total. The van der Waals surface area contributed by atoms with E-state index >= 15 is 0 Å². The standard InChI is InChI=1S/C12H12N2O2.C11H10N2O2.C10H8N2O2.C6H7ClN2O2.C5H4Cl2N2O.4C2H6/c1-15-11-10(9-6-4-3-5-7-9)13-8-14-12(11)16-2;1-15-10-9(12-7-13-11(10)14)8-5-3-2-4-6-8;13-9-8(11-6-12-10(9)14)7-4-2-1-3-5-7;1-10-4-5(7)8-3-9-6(4)11-2;1-10-3-4(6)8-2-9-5(3)7;4*1-2/h3-8H,1-2H3;2-7H,1H3,(H,12,13,14);1-6,13H,(H,11,12,14);3H,1-2H3;2H,1H3;4*1-2H3. The smallest absolute Gasteiger partial charge is 0.293 e. The molecular formula is C52H65Cl3N10O9. The number of aromatic hydroxyl groups is 1. The van der Waals surface area contributed by atoms with Crippen LogP contribution in [0.4, 0.5) is 0 Å². The molecule has 0 aliphatic rings. The second kappa shape index (κ2) is 39.7. The lowest BCUT2D eigenvalue weighted by molar-refractivity contribution is 0.341. The highest BCUT2D eigenvalue weighted by atomic mass is 35.5. The van der Waals surface area contributed by atoms with Gasteiger partial charge in [0.25, 0.3) is 22.9 Å². The number of aromatic nitrogens is 10. The number of hydrogen-bond donors (Lipinski definition) is 3. The van der Waals surface area contributed by atoms with Crippen LogP contribution in [0.2, 0.25) is 15.5 Å². The SMILES string of the molecule is CC.CC.CC.CC.COc1c(-c2ccccc2)nc[nH]c1=O.COc1c(Cl)ncnc1Cl.COc1ncnc(-c2ccccc2)c1OC.COc1ncnc(Cl)c1OC.O=c1[nH]cnc(-c2ccccc2)c1O. The van der Waals surface area contributed by atoms with Crippen molar-refractivity contribution in [3.63, 3.8) is 0 Å². The van der Waals surface area contributed by atoms with E-state index < -0.39 is 5.56 Å². The molecule has 0 saturated carbocycles. The molecule has 0 aliphatic carbocycles. The highest BCUT2D eigenvalue weighted by Gasteiger charge is 2.14. The summed E-state index contributed by atoms with van der Waals surface area (Å²) in [6.45, 7) is 16.0. The molecule has 22 heteroatoms. The molecule has 8 rings (SSSR count). The highest BCUT2D eigenvalue weighted by Crippen LogP contribution is 2.34. The fourth-order valence-corrected chi connectivity index (χ4v) is 5.89. The Morgan fingerprint density at radius 1 is 0.378 bits per heavy atom. The Labute approximate surface area is 447 Å². The van der Waals surface area contributed by atoms with E-state index in [1.165, 1.54) is 60.1 Å². The molecule has 0 amide bonds. The number of benzene rings is 3. The number of rotatable bonds is 9. The van der Waals surface area contributed by atoms with Gasteiger partial charge < -0.3 is 43.5 Å². The van der Waals surface area contributed by atoms with E-state index in [2.05, 4.69) is 49.8 Å². The third-order valence-corrected chi connectivity index (χ3v) is 9.01. The fourth-order valence-electron chi connectivity index (χ4n) is 5.22. The van der Waals surface area contributed by atoms with E-state index in [0.717, 1.165) is 22.4 Å². The fraction of sp³-hybridized carbons (Fsp3) is 0.269. The van der Waals surface area contributed by atoms with Crippen LogP contribution in [0.5, 0.6) is 40.5 Å². The molecule has 74 heavy (non-hydrogen) atoms. The zero-order valence-corrected chi connectivity index (χ0v) is 46.2. The Morgan fingerprint density at radius 3 is 1.08 bits per heavy atom. The first-order valence-corrected chi connectivity index (χ1v) is 23.9. The summed E-state index contributed by atoms with van der Waals surface area (Å²) in [4.78, 5) is 58.3. The molecule has 0 spiro atoms. The predicted octanol–water partition coefficient (Wildman–Crippen LogP) is 11.8. The van der Waals surface area contributed by atoms with Crippen molar-refractivity contribution in [1.29, 1.82) is 0 Å². The van der Waals surface area contributed by atoms with Gasteiger partial charge in [0.2, 0.25) is 23.0 Å². The third-order valence-electron chi connectivity index (χ3n) is 8.20. The average molecular weight is 1080 g/mol. The minimum atomic E-state index is -0.529. The summed E-state index contributed by atoms with van der Waals surface area (Å²) in [5.41, 5.74) is 3.34. The lowest BCUT2D eigenvalue weighted by Crippen LogP contribution is -2.11. The van der Waals surface area contributed by atoms with E-state index in [4.69, 9.17) is 63.2 Å². The Kier molecular flexibility index (Phi) is 35.5. The van der Waals surface area contributed by atoms with Gasteiger partial charge in [-0.25, -0.2) is 29.9 Å². The average Bonchev–Trinajstić information content (AvgIpc) is 3.47. The van der Waals surface area contributed by atoms with Gasteiger partial charge >= 0.3 is 0 Å². The van der Waals surface area contributed by atoms with Gasteiger partial charge in [0.1, 0.15) is 36.1 Å². The van der Waals surface area contributed by atoms with Gasteiger partial charge in [-0.05, 0) is 0 Å². The van der Waals surface area contributed by atoms with E-state index in [0.29, 0.717) is 40.4 Å². The molecule has 0 atom stereocenters. The summed E-state index contributed by atoms with van der Waals surface area (Å²) in [7, 11) is 9.01. The van der Waals surface area contributed by atoms with Crippen LogP contribution in [0.3, 0.4) is 0 Å². The maximum atomic E-state index is 11.4. The van der Waals surface area contributed by atoms with Crippen LogP contribution < -0.4 is 39.5 Å². The minimum absolute atomic E-state index is 0.225.